The minimum Gasteiger partial charge on any atom is -0.466 e. The molecule has 0 aliphatic carbocycles. The van der Waals surface area contributed by atoms with E-state index < -0.39 is 0 Å². The number of ketones is 1. The van der Waals surface area contributed by atoms with Crippen LogP contribution >= 0.6 is 0 Å². The Labute approximate surface area is 179 Å². The highest BCUT2D eigenvalue weighted by atomic mass is 16.3. The van der Waals surface area contributed by atoms with E-state index in [1.165, 1.54) is 32.0 Å². The van der Waals surface area contributed by atoms with Gasteiger partial charge in [-0.2, -0.15) is 0 Å². The number of Topliss-reactive ketones (excluding diaryl/α,β-unsaturated/α-hetero) is 1. The number of carbonyl (C=O) groups is 2. The summed E-state index contributed by atoms with van der Waals surface area (Å²) in [6, 6.07) is 10.3. The second-order valence-electron chi connectivity index (χ2n) is 8.97. The first kappa shape index (κ1) is 22.3. The zero-order valence-corrected chi connectivity index (χ0v) is 18.7. The van der Waals surface area contributed by atoms with Gasteiger partial charge >= 0.3 is 0 Å². The standard InChI is InChI=1S/C25H34N2O3/c1-17-11-18(2)15-27(14-17)16-22-7-5-21(6-8-22)13-26-25(29)10-9-23-12-24(19(3)28)20(4)30-23/h5-8,12,17-18H,9-11,13-16H2,1-4H3,(H,26,29)/t17-,18-/m1/s1. The van der Waals surface area contributed by atoms with Crippen LogP contribution < -0.4 is 5.32 Å². The molecule has 1 aliphatic rings. The maximum atomic E-state index is 12.2. The van der Waals surface area contributed by atoms with Crippen molar-refractivity contribution in [1.29, 1.82) is 0 Å². The Hall–Kier alpha value is -2.40. The zero-order valence-electron chi connectivity index (χ0n) is 18.7. The van der Waals surface area contributed by atoms with E-state index in [1.54, 1.807) is 13.0 Å². The fraction of sp³-hybridized carbons (Fsp3) is 0.520. The highest BCUT2D eigenvalue weighted by Gasteiger charge is 2.21. The first-order valence-electron chi connectivity index (χ1n) is 11.0. The van der Waals surface area contributed by atoms with Crippen molar-refractivity contribution in [2.24, 2.45) is 11.8 Å². The van der Waals surface area contributed by atoms with Gasteiger partial charge in [-0.05, 0) is 49.3 Å². The number of carbonyl (C=O) groups excluding carboxylic acids is 2. The van der Waals surface area contributed by atoms with Crippen molar-refractivity contribution in [2.45, 2.75) is 60.0 Å². The molecule has 1 amide bonds. The van der Waals surface area contributed by atoms with Gasteiger partial charge < -0.3 is 9.73 Å². The van der Waals surface area contributed by atoms with Gasteiger partial charge in [-0.3, -0.25) is 14.5 Å². The van der Waals surface area contributed by atoms with E-state index in [1.807, 2.05) is 0 Å². The molecule has 1 aromatic carbocycles. The summed E-state index contributed by atoms with van der Waals surface area (Å²) in [6.45, 7) is 11.8. The molecule has 1 fully saturated rings. The fourth-order valence-electron chi connectivity index (χ4n) is 4.48. The smallest absolute Gasteiger partial charge is 0.220 e. The summed E-state index contributed by atoms with van der Waals surface area (Å²) < 4.78 is 5.57. The minimum atomic E-state index is -0.0196. The summed E-state index contributed by atoms with van der Waals surface area (Å²) in [7, 11) is 0. The Morgan fingerprint density at radius 2 is 1.73 bits per heavy atom. The molecule has 0 saturated carbocycles. The third-order valence-electron chi connectivity index (χ3n) is 5.81. The minimum absolute atomic E-state index is 0.0142. The highest BCUT2D eigenvalue weighted by molar-refractivity contribution is 5.95. The SMILES string of the molecule is CC(=O)c1cc(CCC(=O)NCc2ccc(CN3C[C@H](C)C[C@@H](C)C3)cc2)oc1C. The summed E-state index contributed by atoms with van der Waals surface area (Å²) in [5.74, 6) is 2.79. The first-order chi connectivity index (χ1) is 14.3. The predicted molar refractivity (Wildman–Crippen MR) is 118 cm³/mol. The maximum Gasteiger partial charge on any atom is 0.220 e. The van der Waals surface area contributed by atoms with Crippen LogP contribution in [0.5, 0.6) is 0 Å². The molecule has 0 radical (unpaired) electrons. The molecule has 1 aliphatic heterocycles. The second kappa shape index (κ2) is 10.1. The van der Waals surface area contributed by atoms with Crippen LogP contribution in [0.15, 0.2) is 34.7 Å². The van der Waals surface area contributed by atoms with Gasteiger partial charge in [-0.15, -0.1) is 0 Å². The van der Waals surface area contributed by atoms with Gasteiger partial charge in [0.2, 0.25) is 5.91 Å². The Bertz CT molecular complexity index is 859. The number of likely N-dealkylation sites (tertiary alicyclic amines) is 1. The number of piperidine rings is 1. The summed E-state index contributed by atoms with van der Waals surface area (Å²) in [4.78, 5) is 26.2. The molecule has 2 aromatic rings. The Kier molecular flexibility index (Phi) is 7.48. The van der Waals surface area contributed by atoms with Gasteiger partial charge in [-0.1, -0.05) is 38.1 Å². The molecule has 1 saturated heterocycles. The van der Waals surface area contributed by atoms with E-state index in [-0.39, 0.29) is 11.7 Å². The lowest BCUT2D eigenvalue weighted by atomic mass is 9.91. The molecular weight excluding hydrogens is 376 g/mol. The summed E-state index contributed by atoms with van der Waals surface area (Å²) in [6.07, 6.45) is 2.16. The van der Waals surface area contributed by atoms with Crippen LogP contribution in [-0.4, -0.2) is 29.7 Å². The number of hydrogen-bond acceptors (Lipinski definition) is 4. The first-order valence-corrected chi connectivity index (χ1v) is 11.0. The van der Waals surface area contributed by atoms with Crippen molar-refractivity contribution in [3.05, 3.63) is 58.5 Å². The van der Waals surface area contributed by atoms with Gasteiger partial charge in [0.15, 0.2) is 5.78 Å². The lowest BCUT2D eigenvalue weighted by molar-refractivity contribution is -0.121. The van der Waals surface area contributed by atoms with Crippen LogP contribution in [0.3, 0.4) is 0 Å². The molecule has 30 heavy (non-hydrogen) atoms. The number of benzene rings is 1. The number of rotatable bonds is 8. The van der Waals surface area contributed by atoms with E-state index in [0.29, 0.717) is 36.5 Å². The molecule has 0 spiro atoms. The van der Waals surface area contributed by atoms with E-state index >= 15 is 0 Å². The molecule has 1 aromatic heterocycles. The number of nitrogens with zero attached hydrogens (tertiary/aromatic N) is 1. The number of amides is 1. The summed E-state index contributed by atoms with van der Waals surface area (Å²) >= 11 is 0. The summed E-state index contributed by atoms with van der Waals surface area (Å²) in [5.41, 5.74) is 3.01. The average Bonchev–Trinajstić information content (AvgIpc) is 3.06. The Balaban J connectivity index is 1.42. The molecule has 2 heterocycles. The molecule has 0 bridgehead atoms. The molecule has 5 nitrogen and oxygen atoms in total. The number of hydrogen-bond donors (Lipinski definition) is 1. The average molecular weight is 411 g/mol. The topological polar surface area (TPSA) is 62.6 Å². The van der Waals surface area contributed by atoms with Crippen LogP contribution in [0.4, 0.5) is 0 Å². The van der Waals surface area contributed by atoms with E-state index in [2.05, 4.69) is 48.3 Å². The second-order valence-corrected chi connectivity index (χ2v) is 8.97. The molecule has 3 rings (SSSR count). The largest absolute Gasteiger partial charge is 0.466 e. The van der Waals surface area contributed by atoms with Crippen molar-refractivity contribution in [2.75, 3.05) is 13.1 Å². The monoisotopic (exact) mass is 410 g/mol. The zero-order chi connectivity index (χ0) is 21.7. The molecule has 162 valence electrons. The van der Waals surface area contributed by atoms with Crippen LogP contribution in [0.25, 0.3) is 0 Å². The molecule has 5 heteroatoms. The van der Waals surface area contributed by atoms with Gasteiger partial charge in [0.25, 0.3) is 0 Å². The van der Waals surface area contributed by atoms with Gasteiger partial charge in [0, 0.05) is 39.0 Å². The number of aryl methyl sites for hydroxylation is 2. The Morgan fingerprint density at radius 3 is 2.33 bits per heavy atom. The molecule has 2 atom stereocenters. The van der Waals surface area contributed by atoms with Gasteiger partial charge in [0.1, 0.15) is 11.5 Å². The quantitative estimate of drug-likeness (QED) is 0.650. The van der Waals surface area contributed by atoms with Crippen molar-refractivity contribution >= 4 is 11.7 Å². The third kappa shape index (κ3) is 6.30. The van der Waals surface area contributed by atoms with Crippen molar-refractivity contribution in [3.8, 4) is 0 Å². The lowest BCUT2D eigenvalue weighted by Crippen LogP contribution is -2.38. The van der Waals surface area contributed by atoms with E-state index in [4.69, 9.17) is 4.42 Å². The maximum absolute atomic E-state index is 12.2. The predicted octanol–water partition coefficient (Wildman–Crippen LogP) is 4.52. The van der Waals surface area contributed by atoms with Crippen LogP contribution in [0, 0.1) is 18.8 Å². The van der Waals surface area contributed by atoms with E-state index in [0.717, 1.165) is 23.9 Å². The Morgan fingerprint density at radius 1 is 1.10 bits per heavy atom. The van der Waals surface area contributed by atoms with Gasteiger partial charge in [-0.25, -0.2) is 0 Å². The molecule has 0 unspecified atom stereocenters. The summed E-state index contributed by atoms with van der Waals surface area (Å²) in [5, 5.41) is 2.97. The molecular formula is C25H34N2O3. The van der Waals surface area contributed by atoms with E-state index in [9.17, 15) is 9.59 Å². The number of nitrogens with one attached hydrogen (secondary N) is 1. The van der Waals surface area contributed by atoms with Crippen LogP contribution in [0.2, 0.25) is 0 Å². The highest BCUT2D eigenvalue weighted by Crippen LogP contribution is 2.22. The van der Waals surface area contributed by atoms with Crippen molar-refractivity contribution < 1.29 is 14.0 Å². The number of furan rings is 1. The van der Waals surface area contributed by atoms with Crippen LogP contribution in [-0.2, 0) is 24.3 Å². The fourth-order valence-corrected chi connectivity index (χ4v) is 4.48. The van der Waals surface area contributed by atoms with Gasteiger partial charge in [0.05, 0.1) is 5.56 Å². The van der Waals surface area contributed by atoms with Crippen molar-refractivity contribution in [3.63, 3.8) is 0 Å². The third-order valence-corrected chi connectivity index (χ3v) is 5.81. The lowest BCUT2D eigenvalue weighted by Gasteiger charge is -2.35. The molecule has 1 N–H and O–H groups in total. The normalized spacial score (nSPS) is 19.6. The van der Waals surface area contributed by atoms with Crippen LogP contribution in [0.1, 0.15) is 66.6 Å². The van der Waals surface area contributed by atoms with Crippen molar-refractivity contribution in [1.82, 2.24) is 10.2 Å².